The molecule has 8 nitrogen and oxygen atoms in total. The lowest BCUT2D eigenvalue weighted by Gasteiger charge is -2.07. The van der Waals surface area contributed by atoms with Gasteiger partial charge in [-0.3, -0.25) is 4.79 Å². The molecule has 2 aromatic heterocycles. The van der Waals surface area contributed by atoms with Crippen LogP contribution in [0.25, 0.3) is 0 Å². The highest BCUT2D eigenvalue weighted by Gasteiger charge is 2.27. The smallest absolute Gasteiger partial charge is 0.348 e. The van der Waals surface area contributed by atoms with Crippen LogP contribution in [0.15, 0.2) is 35.8 Å². The van der Waals surface area contributed by atoms with Gasteiger partial charge in [-0.05, 0) is 36.8 Å². The number of esters is 2. The quantitative estimate of drug-likeness (QED) is 0.584. The lowest BCUT2D eigenvalue weighted by atomic mass is 10.1. The Bertz CT molecular complexity index is 1040. The molecule has 0 bridgehead atoms. The number of aromatic nitrogens is 1. The maximum absolute atomic E-state index is 12.6. The van der Waals surface area contributed by atoms with Crippen LogP contribution in [-0.2, 0) is 9.47 Å². The van der Waals surface area contributed by atoms with E-state index in [4.69, 9.17) is 14.2 Å². The zero-order valence-electron chi connectivity index (χ0n) is 15.7. The van der Waals surface area contributed by atoms with Crippen molar-refractivity contribution in [1.29, 1.82) is 0 Å². The van der Waals surface area contributed by atoms with Crippen molar-refractivity contribution in [3.05, 3.63) is 57.4 Å². The van der Waals surface area contributed by atoms with E-state index in [1.807, 2.05) is 0 Å². The largest absolute Gasteiger partial charge is 0.465 e. The second kappa shape index (κ2) is 8.84. The Morgan fingerprint density at radius 2 is 1.72 bits per heavy atom. The highest BCUT2D eigenvalue weighted by Crippen LogP contribution is 2.34. The molecule has 3 rings (SSSR count). The summed E-state index contributed by atoms with van der Waals surface area (Å²) < 4.78 is 15.1. The van der Waals surface area contributed by atoms with Gasteiger partial charge in [0.15, 0.2) is 0 Å². The molecule has 10 heteroatoms. The average molecular weight is 432 g/mol. The molecule has 0 radical (unpaired) electrons. The monoisotopic (exact) mass is 432 g/mol. The summed E-state index contributed by atoms with van der Waals surface area (Å²) in [5, 5.41) is 5.17. The Kier molecular flexibility index (Phi) is 6.25. The molecule has 0 aliphatic rings. The first-order valence-electron chi connectivity index (χ1n) is 8.23. The van der Waals surface area contributed by atoms with Crippen LogP contribution in [0.2, 0.25) is 0 Å². The molecule has 29 heavy (non-hydrogen) atoms. The van der Waals surface area contributed by atoms with Gasteiger partial charge < -0.3 is 19.5 Å². The zero-order valence-corrected chi connectivity index (χ0v) is 17.3. The SMILES string of the molecule is COC(=O)c1sc(NC(=O)c2ccc(Oc3nccs3)cc2)c(C(=O)OC)c1C. The molecule has 1 N–H and O–H groups in total. The van der Waals surface area contributed by atoms with Crippen molar-refractivity contribution in [3.8, 4) is 10.9 Å². The van der Waals surface area contributed by atoms with Gasteiger partial charge in [0.25, 0.3) is 11.1 Å². The van der Waals surface area contributed by atoms with Gasteiger partial charge in [-0.1, -0.05) is 11.3 Å². The van der Waals surface area contributed by atoms with E-state index in [0.717, 1.165) is 11.3 Å². The topological polar surface area (TPSA) is 104 Å². The summed E-state index contributed by atoms with van der Waals surface area (Å²) in [5.41, 5.74) is 0.851. The van der Waals surface area contributed by atoms with Gasteiger partial charge in [-0.2, -0.15) is 0 Å². The van der Waals surface area contributed by atoms with E-state index in [2.05, 4.69) is 10.3 Å². The van der Waals surface area contributed by atoms with Crippen LogP contribution in [0.4, 0.5) is 5.00 Å². The molecule has 1 amide bonds. The zero-order chi connectivity index (χ0) is 21.0. The van der Waals surface area contributed by atoms with Crippen molar-refractivity contribution in [2.45, 2.75) is 6.92 Å². The average Bonchev–Trinajstić information content (AvgIpc) is 3.35. The number of thiazole rings is 1. The van der Waals surface area contributed by atoms with Gasteiger partial charge in [0.1, 0.15) is 15.6 Å². The number of nitrogens with zero attached hydrogens (tertiary/aromatic N) is 1. The second-order valence-electron chi connectivity index (χ2n) is 5.62. The van der Waals surface area contributed by atoms with Gasteiger partial charge in [0, 0.05) is 17.1 Å². The van der Waals surface area contributed by atoms with Crippen molar-refractivity contribution in [3.63, 3.8) is 0 Å². The summed E-state index contributed by atoms with van der Waals surface area (Å²) in [5.74, 6) is -1.17. The molecule has 0 aliphatic carbocycles. The van der Waals surface area contributed by atoms with E-state index in [9.17, 15) is 14.4 Å². The number of nitrogens with one attached hydrogen (secondary N) is 1. The Labute approximate surface area is 174 Å². The molecular weight excluding hydrogens is 416 g/mol. The number of hydrogen-bond acceptors (Lipinski definition) is 9. The van der Waals surface area contributed by atoms with Crippen LogP contribution in [0.5, 0.6) is 10.9 Å². The number of thiophene rings is 1. The van der Waals surface area contributed by atoms with Crippen molar-refractivity contribution < 1.29 is 28.6 Å². The number of carbonyl (C=O) groups excluding carboxylic acids is 3. The van der Waals surface area contributed by atoms with E-state index in [0.29, 0.717) is 22.1 Å². The highest BCUT2D eigenvalue weighted by atomic mass is 32.1. The summed E-state index contributed by atoms with van der Waals surface area (Å²) >= 11 is 2.30. The van der Waals surface area contributed by atoms with Crippen molar-refractivity contribution >= 4 is 45.5 Å². The van der Waals surface area contributed by atoms with Crippen LogP contribution in [0.3, 0.4) is 0 Å². The van der Waals surface area contributed by atoms with E-state index >= 15 is 0 Å². The molecule has 3 aromatic rings. The molecule has 0 unspecified atom stereocenters. The molecule has 0 saturated heterocycles. The number of ether oxygens (including phenoxy) is 3. The van der Waals surface area contributed by atoms with Gasteiger partial charge in [-0.15, -0.1) is 11.3 Å². The van der Waals surface area contributed by atoms with E-state index in [1.54, 1.807) is 42.8 Å². The van der Waals surface area contributed by atoms with Gasteiger partial charge in [0.2, 0.25) is 0 Å². The van der Waals surface area contributed by atoms with E-state index in [1.165, 1.54) is 25.6 Å². The third-order valence-corrected chi connectivity index (χ3v) is 5.70. The summed E-state index contributed by atoms with van der Waals surface area (Å²) in [6.45, 7) is 1.59. The van der Waals surface area contributed by atoms with Crippen molar-refractivity contribution in [1.82, 2.24) is 4.98 Å². The minimum Gasteiger partial charge on any atom is -0.465 e. The molecule has 0 spiro atoms. The molecule has 0 fully saturated rings. The van der Waals surface area contributed by atoms with Gasteiger partial charge >= 0.3 is 11.9 Å². The third kappa shape index (κ3) is 4.44. The fourth-order valence-corrected chi connectivity index (χ4v) is 4.06. The third-order valence-electron chi connectivity index (χ3n) is 3.87. The van der Waals surface area contributed by atoms with Gasteiger partial charge in [0.05, 0.1) is 19.8 Å². The first-order valence-corrected chi connectivity index (χ1v) is 9.93. The minimum atomic E-state index is -0.656. The number of carbonyl (C=O) groups is 3. The molecule has 0 saturated carbocycles. The standard InChI is InChI=1S/C19H16N2O6S2/c1-10-13(17(23)25-2)16(29-14(10)18(24)26-3)21-15(22)11-4-6-12(7-5-11)27-19-20-8-9-28-19/h4-9H,1-3H3,(H,21,22). The summed E-state index contributed by atoms with van der Waals surface area (Å²) in [6.07, 6.45) is 1.63. The normalized spacial score (nSPS) is 10.3. The van der Waals surface area contributed by atoms with E-state index in [-0.39, 0.29) is 15.4 Å². The van der Waals surface area contributed by atoms with Crippen LogP contribution >= 0.6 is 22.7 Å². The minimum absolute atomic E-state index is 0.120. The lowest BCUT2D eigenvalue weighted by Crippen LogP contribution is -2.14. The number of methoxy groups -OCH3 is 2. The highest BCUT2D eigenvalue weighted by molar-refractivity contribution is 7.18. The molecule has 1 aromatic carbocycles. The van der Waals surface area contributed by atoms with E-state index < -0.39 is 17.8 Å². The summed E-state index contributed by atoms with van der Waals surface area (Å²) in [6, 6.07) is 6.43. The predicted octanol–water partition coefficient (Wildman–Crippen LogP) is 4.13. The first kappa shape index (κ1) is 20.5. The van der Waals surface area contributed by atoms with Gasteiger partial charge in [-0.25, -0.2) is 14.6 Å². The number of amides is 1. The molecule has 2 heterocycles. The molecule has 0 atom stereocenters. The number of rotatable bonds is 6. The fraction of sp³-hybridized carbons (Fsp3) is 0.158. The van der Waals surface area contributed by atoms with Crippen LogP contribution in [-0.4, -0.2) is 37.0 Å². The Morgan fingerprint density at radius 3 is 2.31 bits per heavy atom. The molecular formula is C19H16N2O6S2. The van der Waals surface area contributed by atoms with Crippen molar-refractivity contribution in [2.24, 2.45) is 0 Å². The summed E-state index contributed by atoms with van der Waals surface area (Å²) in [4.78, 5) is 41.0. The molecule has 0 aliphatic heterocycles. The van der Waals surface area contributed by atoms with Crippen LogP contribution in [0, 0.1) is 6.92 Å². The van der Waals surface area contributed by atoms with Crippen LogP contribution in [0.1, 0.15) is 36.0 Å². The first-order chi connectivity index (χ1) is 13.9. The molecule has 150 valence electrons. The maximum atomic E-state index is 12.6. The Balaban J connectivity index is 1.82. The number of benzene rings is 1. The maximum Gasteiger partial charge on any atom is 0.348 e. The van der Waals surface area contributed by atoms with Crippen molar-refractivity contribution in [2.75, 3.05) is 19.5 Å². The lowest BCUT2D eigenvalue weighted by molar-refractivity contribution is 0.0601. The second-order valence-corrected chi connectivity index (χ2v) is 7.50. The summed E-state index contributed by atoms with van der Waals surface area (Å²) in [7, 11) is 2.47. The number of hydrogen-bond donors (Lipinski definition) is 1. The van der Waals surface area contributed by atoms with Crippen LogP contribution < -0.4 is 10.1 Å². The number of anilines is 1. The Hall–Kier alpha value is -3.24. The fourth-order valence-electron chi connectivity index (χ4n) is 2.45. The predicted molar refractivity (Wildman–Crippen MR) is 108 cm³/mol. The Morgan fingerprint density at radius 1 is 1.03 bits per heavy atom.